The summed E-state index contributed by atoms with van der Waals surface area (Å²) in [5.41, 5.74) is 0.961. The minimum atomic E-state index is -1.91. The summed E-state index contributed by atoms with van der Waals surface area (Å²) in [7, 11) is 0. The number of rotatable bonds is 7. The molecule has 0 aromatic heterocycles. The molecular formula is C24H32O9S. The molecular weight excluding hydrogens is 464 g/mol. The number of esters is 3. The molecule has 0 radical (unpaired) electrons. The molecule has 0 saturated carbocycles. The fraction of sp³-hybridized carbons (Fsp3) is 0.583. The molecule has 1 heterocycles. The number of hydrogen-bond acceptors (Lipinski definition) is 10. The van der Waals surface area contributed by atoms with Crippen LogP contribution in [0.15, 0.2) is 24.3 Å². The van der Waals surface area contributed by atoms with E-state index in [0.717, 1.165) is 5.56 Å². The van der Waals surface area contributed by atoms with Gasteiger partial charge >= 0.3 is 17.9 Å². The SMILES string of the molecule is CC(=O)OC[C@H]1O[C@](S)(C(C)=O)[C@H](Oc2ccc(C(C)(C)C)cc2)[C@@H](OC(C)=O)[C@H]1OC(C)=O. The Morgan fingerprint density at radius 1 is 0.912 bits per heavy atom. The molecule has 0 amide bonds. The molecule has 1 saturated heterocycles. The Kier molecular flexibility index (Phi) is 8.76. The van der Waals surface area contributed by atoms with E-state index in [1.165, 1.54) is 27.7 Å². The van der Waals surface area contributed by atoms with Crippen molar-refractivity contribution in [2.75, 3.05) is 6.61 Å². The van der Waals surface area contributed by atoms with Crippen molar-refractivity contribution in [2.45, 2.75) is 83.2 Å². The average Bonchev–Trinajstić information content (AvgIpc) is 2.70. The Morgan fingerprint density at radius 2 is 1.44 bits per heavy atom. The molecule has 10 heteroatoms. The summed E-state index contributed by atoms with van der Waals surface area (Å²) in [6, 6.07) is 7.18. The first kappa shape index (κ1) is 27.7. The van der Waals surface area contributed by atoms with Gasteiger partial charge in [-0.2, -0.15) is 0 Å². The summed E-state index contributed by atoms with van der Waals surface area (Å²) in [6.45, 7) is 10.6. The number of thiol groups is 1. The van der Waals surface area contributed by atoms with Crippen molar-refractivity contribution in [3.8, 4) is 5.75 Å². The van der Waals surface area contributed by atoms with E-state index in [1.807, 2.05) is 12.1 Å². The minimum absolute atomic E-state index is 0.0935. The number of ether oxygens (including phenoxy) is 5. The lowest BCUT2D eigenvalue weighted by Crippen LogP contribution is -2.68. The second kappa shape index (κ2) is 10.8. The van der Waals surface area contributed by atoms with E-state index in [-0.39, 0.29) is 12.0 Å². The standard InChI is InChI=1S/C24H32O9S/c1-13(25)24(34)22(32-18-10-8-17(9-11-18)23(5,6)7)21(31-16(4)28)20(30-15(3)27)19(33-24)12-29-14(2)26/h8-11,19-22,34H,12H2,1-7H3/t19-,20+,21+,22-,24+/m1/s1. The van der Waals surface area contributed by atoms with Crippen molar-refractivity contribution in [1.82, 2.24) is 0 Å². The van der Waals surface area contributed by atoms with E-state index < -0.39 is 53.0 Å². The van der Waals surface area contributed by atoms with Crippen LogP contribution in [-0.4, -0.2) is 59.6 Å². The van der Waals surface area contributed by atoms with Gasteiger partial charge in [0.2, 0.25) is 4.93 Å². The quantitative estimate of drug-likeness (QED) is 0.346. The summed E-state index contributed by atoms with van der Waals surface area (Å²) in [5.74, 6) is -2.19. The molecule has 34 heavy (non-hydrogen) atoms. The number of ketones is 1. The Bertz CT molecular complexity index is 921. The number of carbonyl (C=O) groups excluding carboxylic acids is 4. The molecule has 1 fully saturated rings. The first-order valence-electron chi connectivity index (χ1n) is 10.8. The van der Waals surface area contributed by atoms with E-state index in [2.05, 4.69) is 33.4 Å². The average molecular weight is 497 g/mol. The van der Waals surface area contributed by atoms with Gasteiger partial charge in [0, 0.05) is 20.8 Å². The molecule has 0 unspecified atom stereocenters. The molecule has 1 aromatic carbocycles. The topological polar surface area (TPSA) is 114 Å². The molecule has 188 valence electrons. The van der Waals surface area contributed by atoms with Crippen molar-refractivity contribution in [3.05, 3.63) is 29.8 Å². The minimum Gasteiger partial charge on any atom is -0.482 e. The normalized spacial score (nSPS) is 26.8. The molecule has 2 rings (SSSR count). The summed E-state index contributed by atoms with van der Waals surface area (Å²) < 4.78 is 27.9. The Labute approximate surface area is 204 Å². The lowest BCUT2D eigenvalue weighted by molar-refractivity contribution is -0.246. The third-order valence-corrected chi connectivity index (χ3v) is 5.92. The second-order valence-electron chi connectivity index (χ2n) is 9.17. The highest BCUT2D eigenvalue weighted by molar-refractivity contribution is 7.82. The summed E-state index contributed by atoms with van der Waals surface area (Å²) in [6.07, 6.45) is -4.98. The van der Waals surface area contributed by atoms with Gasteiger partial charge in [-0.15, -0.1) is 12.6 Å². The van der Waals surface area contributed by atoms with Gasteiger partial charge in [0.25, 0.3) is 0 Å². The molecule has 1 aliphatic heterocycles. The summed E-state index contributed by atoms with van der Waals surface area (Å²) >= 11 is 4.48. The zero-order chi connectivity index (χ0) is 25.8. The number of carbonyl (C=O) groups is 4. The van der Waals surface area contributed by atoms with Crippen LogP contribution < -0.4 is 4.74 Å². The smallest absolute Gasteiger partial charge is 0.303 e. The van der Waals surface area contributed by atoms with Crippen LogP contribution >= 0.6 is 12.6 Å². The predicted octanol–water partition coefficient (Wildman–Crippen LogP) is 2.77. The molecule has 1 aromatic rings. The maximum absolute atomic E-state index is 12.7. The predicted molar refractivity (Wildman–Crippen MR) is 125 cm³/mol. The van der Waals surface area contributed by atoms with Gasteiger partial charge in [-0.3, -0.25) is 19.2 Å². The highest BCUT2D eigenvalue weighted by Crippen LogP contribution is 2.39. The lowest BCUT2D eigenvalue weighted by atomic mass is 9.87. The van der Waals surface area contributed by atoms with E-state index >= 15 is 0 Å². The van der Waals surface area contributed by atoms with Crippen molar-refractivity contribution < 1.29 is 42.9 Å². The third-order valence-electron chi connectivity index (χ3n) is 5.25. The van der Waals surface area contributed by atoms with Crippen molar-refractivity contribution in [2.24, 2.45) is 0 Å². The Balaban J connectivity index is 2.53. The Hall–Kier alpha value is -2.59. The number of hydrogen-bond donors (Lipinski definition) is 1. The van der Waals surface area contributed by atoms with Crippen LogP contribution in [0.4, 0.5) is 0 Å². The molecule has 0 aliphatic carbocycles. The van der Waals surface area contributed by atoms with Crippen LogP contribution in [0, 0.1) is 0 Å². The van der Waals surface area contributed by atoms with E-state index in [4.69, 9.17) is 23.7 Å². The van der Waals surface area contributed by atoms with Gasteiger partial charge in [-0.25, -0.2) is 0 Å². The van der Waals surface area contributed by atoms with Gasteiger partial charge in [-0.05, 0) is 30.0 Å². The van der Waals surface area contributed by atoms with Gasteiger partial charge in [0.05, 0.1) is 0 Å². The van der Waals surface area contributed by atoms with Gasteiger partial charge in [-0.1, -0.05) is 32.9 Å². The number of Topliss-reactive ketones (excluding diaryl/α,β-unsaturated/α-hetero) is 1. The van der Waals surface area contributed by atoms with E-state index in [1.54, 1.807) is 12.1 Å². The largest absolute Gasteiger partial charge is 0.482 e. The lowest BCUT2D eigenvalue weighted by Gasteiger charge is -2.48. The molecule has 9 nitrogen and oxygen atoms in total. The zero-order valence-electron chi connectivity index (χ0n) is 20.4. The zero-order valence-corrected chi connectivity index (χ0v) is 21.3. The van der Waals surface area contributed by atoms with Crippen LogP contribution in [-0.2, 0) is 43.5 Å². The Morgan fingerprint density at radius 3 is 1.88 bits per heavy atom. The van der Waals surface area contributed by atoms with E-state index in [0.29, 0.717) is 5.75 Å². The van der Waals surface area contributed by atoms with Gasteiger partial charge in [0.15, 0.2) is 24.1 Å². The third kappa shape index (κ3) is 6.73. The van der Waals surface area contributed by atoms with Gasteiger partial charge in [0.1, 0.15) is 18.5 Å². The molecule has 0 N–H and O–H groups in total. The maximum Gasteiger partial charge on any atom is 0.303 e. The van der Waals surface area contributed by atoms with Crippen LogP contribution in [0.25, 0.3) is 0 Å². The van der Waals surface area contributed by atoms with E-state index in [9.17, 15) is 19.2 Å². The summed E-state index contributed by atoms with van der Waals surface area (Å²) in [4.78, 5) is 46.1. The molecule has 1 aliphatic rings. The highest BCUT2D eigenvalue weighted by atomic mass is 32.1. The van der Waals surface area contributed by atoms with Crippen molar-refractivity contribution in [1.29, 1.82) is 0 Å². The van der Waals surface area contributed by atoms with Gasteiger partial charge < -0.3 is 23.7 Å². The fourth-order valence-corrected chi connectivity index (χ4v) is 3.90. The monoisotopic (exact) mass is 496 g/mol. The number of benzene rings is 1. The second-order valence-corrected chi connectivity index (χ2v) is 9.84. The first-order valence-corrected chi connectivity index (χ1v) is 11.3. The maximum atomic E-state index is 12.7. The van der Waals surface area contributed by atoms with Crippen molar-refractivity contribution in [3.63, 3.8) is 0 Å². The molecule has 0 spiro atoms. The summed E-state index contributed by atoms with van der Waals surface area (Å²) in [5, 5.41) is 0. The first-order chi connectivity index (χ1) is 15.6. The highest BCUT2D eigenvalue weighted by Gasteiger charge is 2.60. The van der Waals surface area contributed by atoms with Crippen LogP contribution in [0.5, 0.6) is 5.75 Å². The molecule has 0 bridgehead atoms. The van der Waals surface area contributed by atoms with Crippen molar-refractivity contribution >= 4 is 36.3 Å². The van der Waals surface area contributed by atoms with Crippen LogP contribution in [0.3, 0.4) is 0 Å². The molecule has 5 atom stereocenters. The fourth-order valence-electron chi connectivity index (χ4n) is 3.57. The van der Waals surface area contributed by atoms with Crippen LogP contribution in [0.1, 0.15) is 54.0 Å². The van der Waals surface area contributed by atoms with Crippen LogP contribution in [0.2, 0.25) is 0 Å².